The summed E-state index contributed by atoms with van der Waals surface area (Å²) in [6, 6.07) is 65.5. The minimum Gasteiger partial charge on any atom is -0.456 e. The quantitative estimate of drug-likeness (QED) is 0.177. The standard InChI is InChI=1S/C51H31N5O/c1-4-14-32(15-5-1)49-52-50(33-16-6-2-7-17-33)54-51(53-49)34-24-26-36(27-25-34)56-42-30-31-44-46(39-21-11-13-23-43(39)57-44)45(42)40-29-28-38-37-20-10-12-22-41(37)55(47(38)48(40)56)35-18-8-3-9-19-35/h1-31H. The Bertz CT molecular complexity index is 3430. The lowest BCUT2D eigenvalue weighted by Gasteiger charge is -2.13. The van der Waals surface area contributed by atoms with Crippen LogP contribution in [0.4, 0.5) is 0 Å². The van der Waals surface area contributed by atoms with E-state index in [4.69, 9.17) is 19.4 Å². The van der Waals surface area contributed by atoms with Crippen LogP contribution in [0.15, 0.2) is 192 Å². The van der Waals surface area contributed by atoms with Crippen molar-refractivity contribution >= 4 is 65.6 Å². The van der Waals surface area contributed by atoms with Crippen LogP contribution in [-0.4, -0.2) is 24.1 Å². The zero-order chi connectivity index (χ0) is 37.5. The average molecular weight is 730 g/mol. The van der Waals surface area contributed by atoms with Crippen molar-refractivity contribution in [3.05, 3.63) is 188 Å². The van der Waals surface area contributed by atoms with Crippen LogP contribution in [-0.2, 0) is 0 Å². The summed E-state index contributed by atoms with van der Waals surface area (Å²) in [7, 11) is 0. The fourth-order valence-corrected chi connectivity index (χ4v) is 8.66. The minimum absolute atomic E-state index is 0.620. The van der Waals surface area contributed by atoms with Crippen LogP contribution in [0.25, 0.3) is 111 Å². The van der Waals surface area contributed by atoms with Crippen molar-refractivity contribution in [2.75, 3.05) is 0 Å². The van der Waals surface area contributed by atoms with Crippen LogP contribution in [0.3, 0.4) is 0 Å². The molecule has 0 bridgehead atoms. The molecule has 12 rings (SSSR count). The van der Waals surface area contributed by atoms with Crippen LogP contribution >= 0.6 is 0 Å². The zero-order valence-electron chi connectivity index (χ0n) is 30.5. The van der Waals surface area contributed by atoms with Gasteiger partial charge in [0.15, 0.2) is 17.5 Å². The van der Waals surface area contributed by atoms with Gasteiger partial charge in [-0.3, -0.25) is 0 Å². The van der Waals surface area contributed by atoms with Crippen molar-refractivity contribution in [3.63, 3.8) is 0 Å². The molecule has 0 aliphatic heterocycles. The van der Waals surface area contributed by atoms with Crippen molar-refractivity contribution in [3.8, 4) is 45.5 Å². The molecule has 4 aromatic heterocycles. The first-order chi connectivity index (χ1) is 28.3. The largest absolute Gasteiger partial charge is 0.456 e. The van der Waals surface area contributed by atoms with Crippen molar-refractivity contribution in [1.82, 2.24) is 24.1 Å². The number of aromatic nitrogens is 5. The number of nitrogens with zero attached hydrogens (tertiary/aromatic N) is 5. The van der Waals surface area contributed by atoms with Crippen molar-refractivity contribution in [2.24, 2.45) is 0 Å². The van der Waals surface area contributed by atoms with Crippen LogP contribution < -0.4 is 0 Å². The first kappa shape index (κ1) is 31.5. The van der Waals surface area contributed by atoms with Gasteiger partial charge in [0.2, 0.25) is 0 Å². The van der Waals surface area contributed by atoms with Gasteiger partial charge < -0.3 is 13.6 Å². The normalized spacial score (nSPS) is 11.9. The fourth-order valence-electron chi connectivity index (χ4n) is 8.66. The summed E-state index contributed by atoms with van der Waals surface area (Å²) >= 11 is 0. The summed E-state index contributed by atoms with van der Waals surface area (Å²) < 4.78 is 11.3. The molecule has 12 aromatic rings. The summed E-state index contributed by atoms with van der Waals surface area (Å²) in [4.78, 5) is 14.9. The molecule has 6 heteroatoms. The molecule has 0 fully saturated rings. The van der Waals surface area contributed by atoms with Gasteiger partial charge in [0.1, 0.15) is 11.2 Å². The number of hydrogen-bond donors (Lipinski definition) is 0. The Morgan fingerprint density at radius 1 is 0.316 bits per heavy atom. The van der Waals surface area contributed by atoms with E-state index in [1.807, 2.05) is 66.7 Å². The number of rotatable bonds is 5. The monoisotopic (exact) mass is 729 g/mol. The third-order valence-corrected chi connectivity index (χ3v) is 11.2. The predicted molar refractivity (Wildman–Crippen MR) is 232 cm³/mol. The van der Waals surface area contributed by atoms with Gasteiger partial charge in [-0.2, -0.15) is 0 Å². The van der Waals surface area contributed by atoms with E-state index >= 15 is 0 Å². The Morgan fingerprint density at radius 2 is 0.825 bits per heavy atom. The highest BCUT2D eigenvalue weighted by Gasteiger charge is 2.24. The number of hydrogen-bond acceptors (Lipinski definition) is 4. The molecule has 0 atom stereocenters. The Morgan fingerprint density at radius 3 is 1.51 bits per heavy atom. The lowest BCUT2D eigenvalue weighted by atomic mass is 10.0. The maximum Gasteiger partial charge on any atom is 0.164 e. The van der Waals surface area contributed by atoms with E-state index in [0.717, 1.165) is 77.5 Å². The Hall–Kier alpha value is -7.83. The van der Waals surface area contributed by atoms with Crippen molar-refractivity contribution < 1.29 is 4.42 Å². The molecule has 0 aliphatic rings. The average Bonchev–Trinajstić information content (AvgIpc) is 3.95. The summed E-state index contributed by atoms with van der Waals surface area (Å²) in [6.45, 7) is 0. The molecule has 0 aliphatic carbocycles. The van der Waals surface area contributed by atoms with Crippen LogP contribution in [0.5, 0.6) is 0 Å². The number of furan rings is 1. The molecule has 0 unspecified atom stereocenters. The fraction of sp³-hybridized carbons (Fsp3) is 0. The molecule has 0 N–H and O–H groups in total. The number of para-hydroxylation sites is 3. The van der Waals surface area contributed by atoms with Crippen molar-refractivity contribution in [2.45, 2.75) is 0 Å². The summed E-state index contributed by atoms with van der Waals surface area (Å²) in [5, 5.41) is 6.97. The lowest BCUT2D eigenvalue weighted by Crippen LogP contribution is -2.01. The molecule has 0 saturated carbocycles. The Labute approximate surface area is 326 Å². The van der Waals surface area contributed by atoms with E-state index in [1.54, 1.807) is 0 Å². The molecule has 4 heterocycles. The van der Waals surface area contributed by atoms with E-state index in [1.165, 1.54) is 16.2 Å². The Kier molecular flexibility index (Phi) is 6.83. The molecular formula is C51H31N5O. The van der Waals surface area contributed by atoms with E-state index in [2.05, 4.69) is 130 Å². The molecule has 0 saturated heterocycles. The van der Waals surface area contributed by atoms with Gasteiger partial charge in [-0.1, -0.05) is 127 Å². The molecule has 0 amide bonds. The van der Waals surface area contributed by atoms with Crippen molar-refractivity contribution in [1.29, 1.82) is 0 Å². The van der Waals surface area contributed by atoms with Gasteiger partial charge in [0.25, 0.3) is 0 Å². The zero-order valence-corrected chi connectivity index (χ0v) is 30.5. The highest BCUT2D eigenvalue weighted by Crippen LogP contribution is 2.45. The molecule has 266 valence electrons. The van der Waals surface area contributed by atoms with Gasteiger partial charge in [0.05, 0.1) is 22.1 Å². The van der Waals surface area contributed by atoms with Gasteiger partial charge in [-0.05, 0) is 60.7 Å². The first-order valence-electron chi connectivity index (χ1n) is 19.1. The van der Waals surface area contributed by atoms with E-state index in [0.29, 0.717) is 17.5 Å². The second-order valence-corrected chi connectivity index (χ2v) is 14.4. The summed E-state index contributed by atoms with van der Waals surface area (Å²) in [5.74, 6) is 1.89. The maximum absolute atomic E-state index is 6.47. The third-order valence-electron chi connectivity index (χ3n) is 11.2. The number of benzene rings is 8. The molecule has 8 aromatic carbocycles. The van der Waals surface area contributed by atoms with Crippen LogP contribution in [0.1, 0.15) is 0 Å². The van der Waals surface area contributed by atoms with E-state index in [-0.39, 0.29) is 0 Å². The first-order valence-corrected chi connectivity index (χ1v) is 19.1. The SMILES string of the molecule is c1ccc(-c2nc(-c3ccccc3)nc(-c3ccc(-n4c5ccc6oc7ccccc7c6c5c5ccc6c7ccccc7n(-c7ccccc7)c6c54)cc3)n2)cc1. The minimum atomic E-state index is 0.620. The van der Waals surface area contributed by atoms with Gasteiger partial charge in [0, 0.05) is 60.4 Å². The molecule has 57 heavy (non-hydrogen) atoms. The highest BCUT2D eigenvalue weighted by atomic mass is 16.3. The summed E-state index contributed by atoms with van der Waals surface area (Å²) in [5.41, 5.74) is 11.2. The lowest BCUT2D eigenvalue weighted by molar-refractivity contribution is 0.669. The van der Waals surface area contributed by atoms with Crippen LogP contribution in [0, 0.1) is 0 Å². The van der Waals surface area contributed by atoms with Gasteiger partial charge >= 0.3 is 0 Å². The van der Waals surface area contributed by atoms with Gasteiger partial charge in [-0.15, -0.1) is 0 Å². The van der Waals surface area contributed by atoms with E-state index in [9.17, 15) is 0 Å². The molecule has 0 radical (unpaired) electrons. The topological polar surface area (TPSA) is 61.7 Å². The second-order valence-electron chi connectivity index (χ2n) is 14.4. The Balaban J connectivity index is 1.15. The predicted octanol–water partition coefficient (Wildman–Crippen LogP) is 13.0. The summed E-state index contributed by atoms with van der Waals surface area (Å²) in [6.07, 6.45) is 0. The van der Waals surface area contributed by atoms with Gasteiger partial charge in [-0.25, -0.2) is 15.0 Å². The third kappa shape index (κ3) is 4.81. The second kappa shape index (κ2) is 12.3. The maximum atomic E-state index is 6.47. The highest BCUT2D eigenvalue weighted by molar-refractivity contribution is 6.31. The molecule has 6 nitrogen and oxygen atoms in total. The number of fused-ring (bicyclic) bond motifs is 11. The van der Waals surface area contributed by atoms with E-state index < -0.39 is 0 Å². The van der Waals surface area contributed by atoms with Crippen LogP contribution in [0.2, 0.25) is 0 Å². The molecule has 0 spiro atoms. The smallest absolute Gasteiger partial charge is 0.164 e. The molecular weight excluding hydrogens is 699 g/mol.